The summed E-state index contributed by atoms with van der Waals surface area (Å²) in [5.41, 5.74) is 1.72. The molecule has 0 aromatic heterocycles. The number of carbonyl (C=O) groups is 4. The van der Waals surface area contributed by atoms with Crippen molar-refractivity contribution in [1.82, 2.24) is 10.6 Å². The number of esters is 2. The molecule has 0 unspecified atom stereocenters. The van der Waals surface area contributed by atoms with Crippen LogP contribution in [0.25, 0.3) is 0 Å². The van der Waals surface area contributed by atoms with Crippen molar-refractivity contribution in [2.45, 2.75) is 32.7 Å². The molecule has 0 spiro atoms. The number of amides is 3. The van der Waals surface area contributed by atoms with Crippen LogP contribution in [0.15, 0.2) is 59.8 Å². The van der Waals surface area contributed by atoms with Crippen molar-refractivity contribution >= 4 is 29.6 Å². The highest BCUT2D eigenvalue weighted by atomic mass is 16.5. The predicted octanol–water partition coefficient (Wildman–Crippen LogP) is 2.94. The molecule has 190 valence electrons. The van der Waals surface area contributed by atoms with Gasteiger partial charge in [0.05, 0.1) is 42.3 Å². The topological polar surface area (TPSA) is 132 Å². The van der Waals surface area contributed by atoms with E-state index in [4.69, 9.17) is 14.2 Å². The van der Waals surface area contributed by atoms with Crippen LogP contribution in [0, 0.1) is 0 Å². The maximum atomic E-state index is 12.8. The third-order valence-corrected chi connectivity index (χ3v) is 5.43. The lowest BCUT2D eigenvalue weighted by Gasteiger charge is -2.26. The lowest BCUT2D eigenvalue weighted by atomic mass is 10.0. The van der Waals surface area contributed by atoms with Crippen LogP contribution < -0.4 is 20.7 Å². The Balaban J connectivity index is 1.65. The summed E-state index contributed by atoms with van der Waals surface area (Å²) in [5, 5.41) is 7.83. The van der Waals surface area contributed by atoms with Gasteiger partial charge in [0, 0.05) is 6.42 Å². The summed E-state index contributed by atoms with van der Waals surface area (Å²) < 4.78 is 15.6. The average molecular weight is 496 g/mol. The summed E-state index contributed by atoms with van der Waals surface area (Å²) in [7, 11) is 1.59. The Morgan fingerprint density at radius 2 is 1.72 bits per heavy atom. The number of hydrogen-bond acceptors (Lipinski definition) is 7. The van der Waals surface area contributed by atoms with E-state index in [1.54, 1.807) is 39.2 Å². The van der Waals surface area contributed by atoms with Crippen LogP contribution in [0.1, 0.15) is 36.2 Å². The second-order valence-corrected chi connectivity index (χ2v) is 7.95. The molecule has 0 saturated heterocycles. The minimum absolute atomic E-state index is 0.138. The number of urea groups is 1. The lowest BCUT2D eigenvalue weighted by Crippen LogP contribution is -2.50. The maximum absolute atomic E-state index is 12.8. The van der Waals surface area contributed by atoms with Crippen molar-refractivity contribution < 1.29 is 33.4 Å². The fourth-order valence-electron chi connectivity index (χ4n) is 3.64. The minimum atomic E-state index is -0.725. The molecule has 1 aliphatic rings. The largest absolute Gasteiger partial charge is 0.497 e. The first-order valence-electron chi connectivity index (χ1n) is 11.5. The molecule has 2 aromatic rings. The van der Waals surface area contributed by atoms with E-state index >= 15 is 0 Å². The van der Waals surface area contributed by atoms with E-state index in [0.29, 0.717) is 12.1 Å². The SMILES string of the molecule is CCOC(=O)C1=C(COC(=O)c2ccccc2NC(=O)CCc2ccc(OC)cc2)NC(=O)N[C@H]1C. The Kier molecular flexibility index (Phi) is 9.04. The number of benzene rings is 2. The summed E-state index contributed by atoms with van der Waals surface area (Å²) in [6.07, 6.45) is 0.724. The van der Waals surface area contributed by atoms with Crippen molar-refractivity contribution in [3.63, 3.8) is 0 Å². The number of para-hydroxylation sites is 1. The smallest absolute Gasteiger partial charge is 0.340 e. The van der Waals surface area contributed by atoms with E-state index in [1.807, 2.05) is 24.3 Å². The van der Waals surface area contributed by atoms with Crippen LogP contribution in [0.3, 0.4) is 0 Å². The number of anilines is 1. The van der Waals surface area contributed by atoms with Gasteiger partial charge in [-0.3, -0.25) is 4.79 Å². The van der Waals surface area contributed by atoms with Crippen LogP contribution >= 0.6 is 0 Å². The van der Waals surface area contributed by atoms with Gasteiger partial charge in [0.1, 0.15) is 12.4 Å². The molecule has 1 heterocycles. The van der Waals surface area contributed by atoms with Gasteiger partial charge in [-0.1, -0.05) is 24.3 Å². The fraction of sp³-hybridized carbons (Fsp3) is 0.308. The van der Waals surface area contributed by atoms with Crippen LogP contribution in [0.2, 0.25) is 0 Å². The molecular weight excluding hydrogens is 466 g/mol. The Morgan fingerprint density at radius 1 is 1.00 bits per heavy atom. The van der Waals surface area contributed by atoms with Crippen molar-refractivity contribution in [2.75, 3.05) is 25.6 Å². The maximum Gasteiger partial charge on any atom is 0.340 e. The standard InChI is InChI=1S/C26H29N3O7/c1-4-35-25(32)23-16(2)27-26(33)29-21(23)15-36-24(31)19-7-5-6-8-20(19)28-22(30)14-11-17-9-12-18(34-3)13-10-17/h5-10,12-13,16H,4,11,14-15H2,1-3H3,(H,28,30)(H2,27,29,33)/t16-/m0/s1. The van der Waals surface area contributed by atoms with Crippen molar-refractivity contribution in [3.8, 4) is 5.75 Å². The first-order valence-corrected chi connectivity index (χ1v) is 11.5. The number of rotatable bonds is 10. The second-order valence-electron chi connectivity index (χ2n) is 7.95. The number of hydrogen-bond donors (Lipinski definition) is 3. The minimum Gasteiger partial charge on any atom is -0.497 e. The van der Waals surface area contributed by atoms with Gasteiger partial charge in [0.25, 0.3) is 0 Å². The molecular formula is C26H29N3O7. The number of methoxy groups -OCH3 is 1. The van der Waals surface area contributed by atoms with E-state index < -0.39 is 24.0 Å². The van der Waals surface area contributed by atoms with E-state index in [2.05, 4.69) is 16.0 Å². The molecule has 36 heavy (non-hydrogen) atoms. The third-order valence-electron chi connectivity index (χ3n) is 5.43. The predicted molar refractivity (Wildman–Crippen MR) is 131 cm³/mol. The molecule has 0 radical (unpaired) electrons. The highest BCUT2D eigenvalue weighted by Crippen LogP contribution is 2.20. The number of nitrogens with one attached hydrogen (secondary N) is 3. The summed E-state index contributed by atoms with van der Waals surface area (Å²) in [6.45, 7) is 3.09. The van der Waals surface area contributed by atoms with Crippen molar-refractivity contribution in [1.29, 1.82) is 0 Å². The van der Waals surface area contributed by atoms with Gasteiger partial charge in [-0.2, -0.15) is 0 Å². The summed E-state index contributed by atoms with van der Waals surface area (Å²) in [4.78, 5) is 49.6. The summed E-state index contributed by atoms with van der Waals surface area (Å²) >= 11 is 0. The monoisotopic (exact) mass is 495 g/mol. The third kappa shape index (κ3) is 6.84. The molecule has 0 aliphatic carbocycles. The molecule has 1 atom stereocenters. The summed E-state index contributed by atoms with van der Waals surface area (Å²) in [6, 6.07) is 12.7. The van der Waals surface area contributed by atoms with Crippen LogP contribution in [0.4, 0.5) is 10.5 Å². The molecule has 2 aromatic carbocycles. The van der Waals surface area contributed by atoms with E-state index in [9.17, 15) is 19.2 Å². The number of ether oxygens (including phenoxy) is 3. The van der Waals surface area contributed by atoms with Gasteiger partial charge in [-0.15, -0.1) is 0 Å². The van der Waals surface area contributed by atoms with Crippen LogP contribution in [-0.4, -0.2) is 50.2 Å². The number of aryl methyl sites for hydroxylation is 1. The normalized spacial score (nSPS) is 14.9. The first kappa shape index (κ1) is 26.3. The molecule has 3 rings (SSSR count). The van der Waals surface area contributed by atoms with Crippen LogP contribution in [0.5, 0.6) is 5.75 Å². The Morgan fingerprint density at radius 3 is 2.42 bits per heavy atom. The molecule has 3 amide bonds. The fourth-order valence-corrected chi connectivity index (χ4v) is 3.64. The van der Waals surface area contributed by atoms with Gasteiger partial charge in [-0.05, 0) is 50.1 Å². The van der Waals surface area contributed by atoms with Gasteiger partial charge < -0.3 is 30.2 Å². The van der Waals surface area contributed by atoms with Crippen LogP contribution in [-0.2, 0) is 25.5 Å². The zero-order valence-electron chi connectivity index (χ0n) is 20.4. The molecule has 10 nitrogen and oxygen atoms in total. The Hall–Kier alpha value is -4.34. The van der Waals surface area contributed by atoms with Gasteiger partial charge in [0.2, 0.25) is 5.91 Å². The van der Waals surface area contributed by atoms with Crippen molar-refractivity contribution in [3.05, 3.63) is 70.9 Å². The molecule has 1 aliphatic heterocycles. The number of carbonyl (C=O) groups excluding carboxylic acids is 4. The van der Waals surface area contributed by atoms with E-state index in [-0.39, 0.29) is 42.4 Å². The zero-order chi connectivity index (χ0) is 26.1. The van der Waals surface area contributed by atoms with Crippen molar-refractivity contribution in [2.24, 2.45) is 0 Å². The van der Waals surface area contributed by atoms with Gasteiger partial charge in [0.15, 0.2) is 0 Å². The molecule has 0 bridgehead atoms. The van der Waals surface area contributed by atoms with Gasteiger partial charge >= 0.3 is 18.0 Å². The highest BCUT2D eigenvalue weighted by molar-refractivity contribution is 6.01. The van der Waals surface area contributed by atoms with E-state index in [0.717, 1.165) is 11.3 Å². The summed E-state index contributed by atoms with van der Waals surface area (Å²) in [5.74, 6) is -0.873. The molecule has 10 heteroatoms. The molecule has 0 saturated carbocycles. The second kappa shape index (κ2) is 12.4. The molecule has 3 N–H and O–H groups in total. The zero-order valence-corrected chi connectivity index (χ0v) is 20.4. The van der Waals surface area contributed by atoms with Gasteiger partial charge in [-0.25, -0.2) is 14.4 Å². The first-order chi connectivity index (χ1) is 17.3. The Bertz CT molecular complexity index is 1160. The average Bonchev–Trinajstić information content (AvgIpc) is 2.86. The molecule has 0 fully saturated rings. The lowest BCUT2D eigenvalue weighted by molar-refractivity contribution is -0.139. The Labute approximate surface area is 209 Å². The quantitative estimate of drug-likeness (QED) is 0.432. The van der Waals surface area contributed by atoms with E-state index in [1.165, 1.54) is 6.07 Å². The highest BCUT2D eigenvalue weighted by Gasteiger charge is 2.30.